The summed E-state index contributed by atoms with van der Waals surface area (Å²) in [5.74, 6) is 0.199. The third kappa shape index (κ3) is 5.14. The van der Waals surface area contributed by atoms with Crippen molar-refractivity contribution in [3.8, 4) is 11.4 Å². The van der Waals surface area contributed by atoms with Gasteiger partial charge in [0, 0.05) is 19.1 Å². The molecule has 1 aliphatic rings. The van der Waals surface area contributed by atoms with Gasteiger partial charge in [0.15, 0.2) is 11.4 Å². The van der Waals surface area contributed by atoms with Gasteiger partial charge in [0.1, 0.15) is 0 Å². The van der Waals surface area contributed by atoms with Crippen LogP contribution in [0, 0.1) is 0 Å². The molecule has 1 unspecified atom stereocenters. The van der Waals surface area contributed by atoms with Gasteiger partial charge < -0.3 is 10.1 Å². The van der Waals surface area contributed by atoms with Crippen LogP contribution < -0.4 is 10.1 Å². The van der Waals surface area contributed by atoms with Gasteiger partial charge in [-0.05, 0) is 49.6 Å². The number of methoxy groups -OCH3 is 1. The molecule has 2 heterocycles. The van der Waals surface area contributed by atoms with Crippen LogP contribution in [0.1, 0.15) is 47.8 Å². The van der Waals surface area contributed by atoms with Crippen molar-refractivity contribution >= 4 is 5.91 Å². The molecule has 1 fully saturated rings. The monoisotopic (exact) mass is 418 g/mol. The number of rotatable bonds is 7. The lowest BCUT2D eigenvalue weighted by Crippen LogP contribution is -2.36. The van der Waals surface area contributed by atoms with Crippen molar-refractivity contribution in [2.75, 3.05) is 13.7 Å². The van der Waals surface area contributed by atoms with Crippen molar-refractivity contribution in [3.63, 3.8) is 0 Å². The highest BCUT2D eigenvalue weighted by Gasteiger charge is 2.19. The van der Waals surface area contributed by atoms with Crippen LogP contribution in [0.4, 0.5) is 0 Å². The summed E-state index contributed by atoms with van der Waals surface area (Å²) < 4.78 is 7.03. The Morgan fingerprint density at radius 1 is 1.10 bits per heavy atom. The fourth-order valence-electron chi connectivity index (χ4n) is 4.03. The standard InChI is InChI=1S/C25H30N4O2/c1-19-8-6-7-15-28(19)17-21-13-11-20(12-14-21)16-26-25(30)24-23(31-2)18-29(27-24)22-9-4-3-5-10-22/h3-5,9-14,18-19H,6-8,15-17H2,1-2H3,(H,26,30). The molecule has 0 saturated carbocycles. The normalized spacial score (nSPS) is 16.8. The van der Waals surface area contributed by atoms with E-state index in [1.165, 1.54) is 31.4 Å². The zero-order valence-electron chi connectivity index (χ0n) is 18.3. The quantitative estimate of drug-likeness (QED) is 0.625. The van der Waals surface area contributed by atoms with Crippen LogP contribution >= 0.6 is 0 Å². The number of ether oxygens (including phenoxy) is 1. The Morgan fingerprint density at radius 3 is 2.55 bits per heavy atom. The first-order valence-electron chi connectivity index (χ1n) is 10.9. The number of nitrogens with zero attached hydrogens (tertiary/aromatic N) is 3. The number of piperidine rings is 1. The summed E-state index contributed by atoms with van der Waals surface area (Å²) in [6, 6.07) is 18.8. The van der Waals surface area contributed by atoms with Crippen molar-refractivity contribution in [3.05, 3.63) is 77.6 Å². The third-order valence-electron chi connectivity index (χ3n) is 5.94. The molecule has 0 spiro atoms. The molecule has 1 aliphatic heterocycles. The van der Waals surface area contributed by atoms with E-state index in [4.69, 9.17) is 4.74 Å². The van der Waals surface area contributed by atoms with Crippen molar-refractivity contribution in [2.45, 2.75) is 45.3 Å². The molecule has 0 bridgehead atoms. The second-order valence-electron chi connectivity index (χ2n) is 8.14. The second kappa shape index (κ2) is 9.79. The topological polar surface area (TPSA) is 59.4 Å². The van der Waals surface area contributed by atoms with Gasteiger partial charge in [0.05, 0.1) is 19.0 Å². The first kappa shape index (κ1) is 21.1. The Labute approximate surface area is 183 Å². The fourth-order valence-corrected chi connectivity index (χ4v) is 4.03. The van der Waals surface area contributed by atoms with Crippen molar-refractivity contribution in [1.29, 1.82) is 0 Å². The molecule has 162 valence electrons. The molecule has 6 heteroatoms. The van der Waals surface area contributed by atoms with Crippen LogP contribution in [0.25, 0.3) is 5.69 Å². The maximum Gasteiger partial charge on any atom is 0.275 e. The van der Waals surface area contributed by atoms with Gasteiger partial charge >= 0.3 is 0 Å². The minimum absolute atomic E-state index is 0.252. The molecule has 31 heavy (non-hydrogen) atoms. The number of hydrogen-bond acceptors (Lipinski definition) is 4. The molecule has 4 rings (SSSR count). The van der Waals surface area contributed by atoms with Gasteiger partial charge in [-0.25, -0.2) is 4.68 Å². The predicted octanol–water partition coefficient (Wildman–Crippen LogP) is 4.19. The Bertz CT molecular complexity index is 998. The molecule has 6 nitrogen and oxygen atoms in total. The van der Waals surface area contributed by atoms with E-state index in [9.17, 15) is 4.79 Å². The third-order valence-corrected chi connectivity index (χ3v) is 5.94. The summed E-state index contributed by atoms with van der Waals surface area (Å²) >= 11 is 0. The zero-order chi connectivity index (χ0) is 21.6. The van der Waals surface area contributed by atoms with Gasteiger partial charge in [-0.2, -0.15) is 5.10 Å². The molecule has 1 amide bonds. The first-order valence-corrected chi connectivity index (χ1v) is 10.9. The Balaban J connectivity index is 1.37. The molecule has 3 aromatic rings. The molecule has 0 radical (unpaired) electrons. The van der Waals surface area contributed by atoms with E-state index in [0.717, 1.165) is 17.8 Å². The SMILES string of the molecule is COc1cn(-c2ccccc2)nc1C(=O)NCc1ccc(CN2CCCCC2C)cc1. The first-order chi connectivity index (χ1) is 15.1. The molecule has 2 aromatic carbocycles. The largest absolute Gasteiger partial charge is 0.493 e. The lowest BCUT2D eigenvalue weighted by atomic mass is 10.0. The van der Waals surface area contributed by atoms with Crippen LogP contribution in [0.5, 0.6) is 5.75 Å². The van der Waals surface area contributed by atoms with Gasteiger partial charge in [0.25, 0.3) is 5.91 Å². The fraction of sp³-hybridized carbons (Fsp3) is 0.360. The number of benzene rings is 2. The van der Waals surface area contributed by atoms with Gasteiger partial charge in [-0.3, -0.25) is 9.69 Å². The molecule has 0 aliphatic carbocycles. The summed E-state index contributed by atoms with van der Waals surface area (Å²) in [4.78, 5) is 15.3. The number of carbonyl (C=O) groups excluding carboxylic acids is 1. The van der Waals surface area contributed by atoms with Crippen molar-refractivity contribution in [1.82, 2.24) is 20.0 Å². The van der Waals surface area contributed by atoms with Crippen LogP contribution in [0.2, 0.25) is 0 Å². The lowest BCUT2D eigenvalue weighted by molar-refractivity contribution is 0.0942. The summed E-state index contributed by atoms with van der Waals surface area (Å²) in [5.41, 5.74) is 3.53. The van der Waals surface area contributed by atoms with E-state index in [1.54, 1.807) is 18.0 Å². The summed E-state index contributed by atoms with van der Waals surface area (Å²) in [6.45, 7) is 4.93. The van der Waals surface area contributed by atoms with Gasteiger partial charge in [0.2, 0.25) is 0 Å². The maximum absolute atomic E-state index is 12.7. The molecular weight excluding hydrogens is 388 g/mol. The number of likely N-dealkylation sites (tertiary alicyclic amines) is 1. The number of aromatic nitrogens is 2. The summed E-state index contributed by atoms with van der Waals surface area (Å²) in [6.07, 6.45) is 5.64. The minimum Gasteiger partial charge on any atom is -0.493 e. The summed E-state index contributed by atoms with van der Waals surface area (Å²) in [7, 11) is 1.55. The number of carbonyl (C=O) groups is 1. The Morgan fingerprint density at radius 2 is 1.84 bits per heavy atom. The smallest absolute Gasteiger partial charge is 0.275 e. The minimum atomic E-state index is -0.252. The van der Waals surface area contributed by atoms with Crippen LogP contribution in [0.15, 0.2) is 60.8 Å². The highest BCUT2D eigenvalue weighted by atomic mass is 16.5. The predicted molar refractivity (Wildman–Crippen MR) is 121 cm³/mol. The number of para-hydroxylation sites is 1. The van der Waals surface area contributed by atoms with E-state index in [2.05, 4.69) is 46.5 Å². The highest BCUT2D eigenvalue weighted by Crippen LogP contribution is 2.21. The second-order valence-corrected chi connectivity index (χ2v) is 8.14. The van der Waals surface area contributed by atoms with Crippen LogP contribution in [-0.2, 0) is 13.1 Å². The average Bonchev–Trinajstić information content (AvgIpc) is 3.25. The Kier molecular flexibility index (Phi) is 6.67. The highest BCUT2D eigenvalue weighted by molar-refractivity contribution is 5.94. The van der Waals surface area contributed by atoms with E-state index in [1.807, 2.05) is 30.3 Å². The molecule has 1 aromatic heterocycles. The molecule has 1 N–H and O–H groups in total. The number of nitrogens with one attached hydrogen (secondary N) is 1. The van der Waals surface area contributed by atoms with Crippen molar-refractivity contribution in [2.24, 2.45) is 0 Å². The zero-order valence-corrected chi connectivity index (χ0v) is 18.3. The number of hydrogen-bond donors (Lipinski definition) is 1. The maximum atomic E-state index is 12.7. The van der Waals surface area contributed by atoms with Crippen LogP contribution in [-0.4, -0.2) is 40.3 Å². The van der Waals surface area contributed by atoms with Crippen LogP contribution in [0.3, 0.4) is 0 Å². The number of amides is 1. The molecule has 1 saturated heterocycles. The van der Waals surface area contributed by atoms with Gasteiger partial charge in [-0.15, -0.1) is 0 Å². The van der Waals surface area contributed by atoms with E-state index >= 15 is 0 Å². The average molecular weight is 419 g/mol. The van der Waals surface area contributed by atoms with E-state index in [-0.39, 0.29) is 11.6 Å². The molecule has 1 atom stereocenters. The summed E-state index contributed by atoms with van der Waals surface area (Å²) in [5, 5.41) is 7.38. The Hall–Kier alpha value is -3.12. The lowest BCUT2D eigenvalue weighted by Gasteiger charge is -2.33. The van der Waals surface area contributed by atoms with E-state index < -0.39 is 0 Å². The van der Waals surface area contributed by atoms with Crippen molar-refractivity contribution < 1.29 is 9.53 Å². The van der Waals surface area contributed by atoms with Gasteiger partial charge in [-0.1, -0.05) is 48.9 Å². The van der Waals surface area contributed by atoms with E-state index in [0.29, 0.717) is 18.3 Å². The molecular formula is C25H30N4O2.